The Kier molecular flexibility index (Phi) is 4.83. The summed E-state index contributed by atoms with van der Waals surface area (Å²) in [6.07, 6.45) is 0.652. The van der Waals surface area contributed by atoms with Crippen molar-refractivity contribution in [3.05, 3.63) is 54.1 Å². The van der Waals surface area contributed by atoms with Gasteiger partial charge in [0.25, 0.3) is 5.19 Å². The average molecular weight is 410 g/mol. The first-order valence-electron chi connectivity index (χ1n) is 8.41. The zero-order valence-corrected chi connectivity index (χ0v) is 15.8. The van der Waals surface area contributed by atoms with Crippen LogP contribution in [0.2, 0.25) is 0 Å². The molecule has 1 saturated heterocycles. The van der Waals surface area contributed by atoms with E-state index in [0.29, 0.717) is 18.0 Å². The fraction of sp³-hybridized carbons (Fsp3) is 0.278. The van der Waals surface area contributed by atoms with Gasteiger partial charge in [0.05, 0.1) is 10.2 Å². The molecular formula is C18H16F2N2O3S2. The van der Waals surface area contributed by atoms with Gasteiger partial charge in [-0.2, -0.15) is 4.31 Å². The Morgan fingerprint density at radius 1 is 1.04 bits per heavy atom. The van der Waals surface area contributed by atoms with Crippen LogP contribution in [0.5, 0.6) is 5.19 Å². The van der Waals surface area contributed by atoms with E-state index in [4.69, 9.17) is 4.74 Å². The number of sulfonamides is 1. The molecule has 2 aromatic carbocycles. The van der Waals surface area contributed by atoms with Crippen molar-refractivity contribution in [1.82, 2.24) is 9.29 Å². The van der Waals surface area contributed by atoms with Crippen molar-refractivity contribution in [2.24, 2.45) is 0 Å². The molecule has 2 heterocycles. The highest BCUT2D eigenvalue weighted by molar-refractivity contribution is 7.89. The standard InChI is InChI=1S/C18H16F2N2O3S2/c19-13-4-3-5-14(20)17(13)27(23,24)22-10-8-12(9-11-22)25-18-21-15-6-1-2-7-16(15)26-18/h1-7,12H,8-11H2. The minimum Gasteiger partial charge on any atom is -0.467 e. The van der Waals surface area contributed by atoms with Crippen LogP contribution < -0.4 is 4.74 Å². The van der Waals surface area contributed by atoms with Crippen LogP contribution in [0, 0.1) is 11.6 Å². The summed E-state index contributed by atoms with van der Waals surface area (Å²) in [5.74, 6) is -2.16. The van der Waals surface area contributed by atoms with E-state index in [0.717, 1.165) is 32.7 Å². The van der Waals surface area contributed by atoms with Crippen LogP contribution in [0.3, 0.4) is 0 Å². The minimum atomic E-state index is -4.23. The molecule has 27 heavy (non-hydrogen) atoms. The molecule has 0 bridgehead atoms. The lowest BCUT2D eigenvalue weighted by atomic mass is 10.1. The maximum absolute atomic E-state index is 13.9. The average Bonchev–Trinajstić information content (AvgIpc) is 3.04. The first kappa shape index (κ1) is 18.3. The molecule has 1 aromatic heterocycles. The Morgan fingerprint density at radius 3 is 2.37 bits per heavy atom. The summed E-state index contributed by atoms with van der Waals surface area (Å²) >= 11 is 1.43. The molecule has 1 fully saturated rings. The number of rotatable bonds is 4. The Labute approximate surface area is 159 Å². The number of benzene rings is 2. The van der Waals surface area contributed by atoms with Crippen molar-refractivity contribution in [3.8, 4) is 5.19 Å². The van der Waals surface area contributed by atoms with Crippen LogP contribution in [0.25, 0.3) is 10.2 Å². The number of para-hydroxylation sites is 1. The number of aromatic nitrogens is 1. The molecule has 0 radical (unpaired) electrons. The molecule has 5 nitrogen and oxygen atoms in total. The number of halogens is 2. The van der Waals surface area contributed by atoms with Crippen molar-refractivity contribution in [2.75, 3.05) is 13.1 Å². The Bertz CT molecular complexity index is 1020. The predicted octanol–water partition coefficient (Wildman–Crippen LogP) is 3.81. The number of hydrogen-bond donors (Lipinski definition) is 0. The van der Waals surface area contributed by atoms with E-state index in [1.807, 2.05) is 24.3 Å². The summed E-state index contributed by atoms with van der Waals surface area (Å²) in [6, 6.07) is 10.7. The lowest BCUT2D eigenvalue weighted by Gasteiger charge is -2.30. The van der Waals surface area contributed by atoms with Gasteiger partial charge in [-0.15, -0.1) is 0 Å². The third kappa shape index (κ3) is 3.54. The largest absolute Gasteiger partial charge is 0.467 e. The van der Waals surface area contributed by atoms with Gasteiger partial charge in [0.2, 0.25) is 10.0 Å². The molecule has 4 rings (SSSR count). The van der Waals surface area contributed by atoms with Gasteiger partial charge >= 0.3 is 0 Å². The van der Waals surface area contributed by atoms with E-state index in [2.05, 4.69) is 4.98 Å². The van der Waals surface area contributed by atoms with Crippen molar-refractivity contribution >= 4 is 31.6 Å². The number of nitrogens with zero attached hydrogens (tertiary/aromatic N) is 2. The van der Waals surface area contributed by atoms with Crippen LogP contribution in [-0.4, -0.2) is 36.9 Å². The molecule has 0 spiro atoms. The molecule has 0 aliphatic carbocycles. The van der Waals surface area contributed by atoms with E-state index in [-0.39, 0.29) is 19.2 Å². The fourth-order valence-corrected chi connectivity index (χ4v) is 5.55. The van der Waals surface area contributed by atoms with E-state index in [1.54, 1.807) is 0 Å². The topological polar surface area (TPSA) is 59.5 Å². The monoisotopic (exact) mass is 410 g/mol. The molecular weight excluding hydrogens is 394 g/mol. The van der Waals surface area contributed by atoms with E-state index >= 15 is 0 Å². The summed E-state index contributed by atoms with van der Waals surface area (Å²) in [6.45, 7) is 0.261. The highest BCUT2D eigenvalue weighted by atomic mass is 32.2. The lowest BCUT2D eigenvalue weighted by Crippen LogP contribution is -2.42. The molecule has 0 unspecified atom stereocenters. The number of piperidine rings is 1. The second kappa shape index (κ2) is 7.14. The first-order valence-corrected chi connectivity index (χ1v) is 10.7. The van der Waals surface area contributed by atoms with Crippen LogP contribution >= 0.6 is 11.3 Å². The quantitative estimate of drug-likeness (QED) is 0.656. The van der Waals surface area contributed by atoms with Gasteiger partial charge in [-0.05, 0) is 37.1 Å². The van der Waals surface area contributed by atoms with Crippen molar-refractivity contribution in [2.45, 2.75) is 23.8 Å². The highest BCUT2D eigenvalue weighted by Gasteiger charge is 2.34. The summed E-state index contributed by atoms with van der Waals surface area (Å²) in [4.78, 5) is 3.52. The molecule has 1 aliphatic rings. The molecule has 142 valence electrons. The number of thiazole rings is 1. The van der Waals surface area contributed by atoms with Crippen LogP contribution in [0.15, 0.2) is 47.4 Å². The number of fused-ring (bicyclic) bond motifs is 1. The van der Waals surface area contributed by atoms with Gasteiger partial charge in [0.1, 0.15) is 17.7 Å². The van der Waals surface area contributed by atoms with Crippen LogP contribution in [0.1, 0.15) is 12.8 Å². The lowest BCUT2D eigenvalue weighted by molar-refractivity contribution is 0.135. The Hall–Kier alpha value is -2.10. The molecule has 0 saturated carbocycles. The second-order valence-electron chi connectivity index (χ2n) is 6.22. The third-order valence-electron chi connectivity index (χ3n) is 4.46. The highest BCUT2D eigenvalue weighted by Crippen LogP contribution is 2.31. The second-order valence-corrected chi connectivity index (χ2v) is 9.09. The first-order chi connectivity index (χ1) is 12.9. The number of ether oxygens (including phenoxy) is 1. The molecule has 0 atom stereocenters. The zero-order valence-electron chi connectivity index (χ0n) is 14.1. The van der Waals surface area contributed by atoms with Gasteiger partial charge in [0.15, 0.2) is 4.90 Å². The molecule has 0 N–H and O–H groups in total. The van der Waals surface area contributed by atoms with E-state index in [1.165, 1.54) is 11.3 Å². The minimum absolute atomic E-state index is 0.131. The smallest absolute Gasteiger partial charge is 0.274 e. The zero-order chi connectivity index (χ0) is 19.0. The third-order valence-corrected chi connectivity index (χ3v) is 7.34. The van der Waals surface area contributed by atoms with Crippen molar-refractivity contribution in [3.63, 3.8) is 0 Å². The van der Waals surface area contributed by atoms with Gasteiger partial charge < -0.3 is 4.74 Å². The molecule has 3 aromatic rings. The maximum Gasteiger partial charge on any atom is 0.274 e. The van der Waals surface area contributed by atoms with E-state index in [9.17, 15) is 17.2 Å². The van der Waals surface area contributed by atoms with Gasteiger partial charge in [-0.3, -0.25) is 0 Å². The van der Waals surface area contributed by atoms with Crippen LogP contribution in [-0.2, 0) is 10.0 Å². The molecule has 1 aliphatic heterocycles. The Morgan fingerprint density at radius 2 is 1.70 bits per heavy atom. The summed E-state index contributed by atoms with van der Waals surface area (Å²) in [5.41, 5.74) is 0.854. The number of hydrogen-bond acceptors (Lipinski definition) is 5. The maximum atomic E-state index is 13.9. The van der Waals surface area contributed by atoms with E-state index < -0.39 is 26.6 Å². The summed E-state index contributed by atoms with van der Waals surface area (Å²) < 4.78 is 61.0. The summed E-state index contributed by atoms with van der Waals surface area (Å²) in [7, 11) is -4.23. The molecule has 0 amide bonds. The van der Waals surface area contributed by atoms with Gasteiger partial charge in [-0.1, -0.05) is 29.5 Å². The van der Waals surface area contributed by atoms with Crippen molar-refractivity contribution < 1.29 is 21.9 Å². The molecule has 9 heteroatoms. The SMILES string of the molecule is O=S(=O)(c1c(F)cccc1F)N1CCC(Oc2nc3ccccc3s2)CC1. The normalized spacial score (nSPS) is 16.7. The van der Waals surface area contributed by atoms with Gasteiger partial charge in [-0.25, -0.2) is 22.2 Å². The summed E-state index contributed by atoms with van der Waals surface area (Å²) in [5, 5.41) is 0.539. The van der Waals surface area contributed by atoms with Gasteiger partial charge in [0, 0.05) is 13.1 Å². The Balaban J connectivity index is 1.45. The van der Waals surface area contributed by atoms with Crippen molar-refractivity contribution in [1.29, 1.82) is 0 Å². The predicted molar refractivity (Wildman–Crippen MR) is 98.4 cm³/mol. The fourth-order valence-electron chi connectivity index (χ4n) is 3.09. The van der Waals surface area contributed by atoms with Crippen LogP contribution in [0.4, 0.5) is 8.78 Å².